The Morgan fingerprint density at radius 3 is 2.86 bits per heavy atom. The van der Waals surface area contributed by atoms with Crippen LogP contribution in [0.4, 0.5) is 10.1 Å². The zero-order chi connectivity index (χ0) is 15.7. The number of pyridine rings is 1. The molecule has 0 bridgehead atoms. The molecule has 4 nitrogen and oxygen atoms in total. The molecule has 2 aromatic rings. The summed E-state index contributed by atoms with van der Waals surface area (Å²) in [6, 6.07) is 5.23. The molecule has 0 aliphatic carbocycles. The topological polar surface area (TPSA) is 45.2 Å². The second-order valence-electron chi connectivity index (χ2n) is 5.53. The van der Waals surface area contributed by atoms with Crippen LogP contribution in [0.2, 0.25) is 0 Å². The Balaban J connectivity index is 2.05. The van der Waals surface area contributed by atoms with Crippen molar-refractivity contribution < 1.29 is 9.18 Å². The van der Waals surface area contributed by atoms with Gasteiger partial charge in [0.25, 0.3) is 0 Å². The maximum absolute atomic E-state index is 14.5. The van der Waals surface area contributed by atoms with Crippen LogP contribution in [0, 0.1) is 5.82 Å². The van der Waals surface area contributed by atoms with E-state index in [1.54, 1.807) is 19.4 Å². The minimum absolute atomic E-state index is 0.0253. The first-order chi connectivity index (χ1) is 10.6. The fourth-order valence-corrected chi connectivity index (χ4v) is 2.82. The lowest BCUT2D eigenvalue weighted by molar-refractivity contribution is -0.118. The molecule has 1 N–H and O–H groups in total. The lowest BCUT2D eigenvalue weighted by atomic mass is 9.96. The number of rotatable bonds is 3. The minimum atomic E-state index is -0.330. The highest BCUT2D eigenvalue weighted by Gasteiger charge is 2.23. The second-order valence-corrected chi connectivity index (χ2v) is 5.53. The lowest BCUT2D eigenvalue weighted by Crippen LogP contribution is -2.31. The standard InChI is InChI=1S/C17H18FN3O/c1-19-8-11-5-13(10-20-9-11)14-6-12-3-4-17(22)21(2)16(12)7-15(14)18/h5-7,9-10,19H,3-4,8H2,1-2H3. The van der Waals surface area contributed by atoms with E-state index in [2.05, 4.69) is 10.3 Å². The summed E-state index contributed by atoms with van der Waals surface area (Å²) in [5.74, 6) is -0.305. The Kier molecular flexibility index (Phi) is 3.90. The van der Waals surface area contributed by atoms with Crippen molar-refractivity contribution in [3.05, 3.63) is 47.5 Å². The molecule has 1 aromatic carbocycles. The third kappa shape index (κ3) is 2.60. The van der Waals surface area contributed by atoms with E-state index in [-0.39, 0.29) is 11.7 Å². The molecule has 114 valence electrons. The quantitative estimate of drug-likeness (QED) is 0.947. The average molecular weight is 299 g/mol. The van der Waals surface area contributed by atoms with Gasteiger partial charge in [-0.3, -0.25) is 9.78 Å². The van der Waals surface area contributed by atoms with Crippen molar-refractivity contribution in [1.82, 2.24) is 10.3 Å². The van der Waals surface area contributed by atoms with Crippen molar-refractivity contribution in [2.45, 2.75) is 19.4 Å². The Bertz CT molecular complexity index is 730. The van der Waals surface area contributed by atoms with E-state index >= 15 is 0 Å². The number of halogens is 1. The van der Waals surface area contributed by atoms with E-state index < -0.39 is 0 Å². The predicted octanol–water partition coefficient (Wildman–Crippen LogP) is 2.52. The van der Waals surface area contributed by atoms with Crippen LogP contribution in [0.25, 0.3) is 11.1 Å². The Morgan fingerprint density at radius 2 is 2.09 bits per heavy atom. The van der Waals surface area contributed by atoms with Gasteiger partial charge in [-0.2, -0.15) is 0 Å². The van der Waals surface area contributed by atoms with Crippen LogP contribution in [0.5, 0.6) is 0 Å². The number of carbonyl (C=O) groups excluding carboxylic acids is 1. The van der Waals surface area contributed by atoms with Gasteiger partial charge in [0, 0.05) is 49.2 Å². The molecule has 1 amide bonds. The fraction of sp³-hybridized carbons (Fsp3) is 0.294. The molecule has 22 heavy (non-hydrogen) atoms. The smallest absolute Gasteiger partial charge is 0.227 e. The summed E-state index contributed by atoms with van der Waals surface area (Å²) in [4.78, 5) is 17.4. The number of anilines is 1. The van der Waals surface area contributed by atoms with Crippen LogP contribution in [-0.2, 0) is 17.8 Å². The number of fused-ring (bicyclic) bond motifs is 1. The maximum atomic E-state index is 14.5. The summed E-state index contributed by atoms with van der Waals surface area (Å²) in [5, 5.41) is 3.06. The van der Waals surface area contributed by atoms with Crippen molar-refractivity contribution in [2.75, 3.05) is 19.0 Å². The normalized spacial score (nSPS) is 14.1. The molecule has 1 aliphatic rings. The van der Waals surface area contributed by atoms with E-state index in [9.17, 15) is 9.18 Å². The van der Waals surface area contributed by atoms with Crippen LogP contribution < -0.4 is 10.2 Å². The van der Waals surface area contributed by atoms with Gasteiger partial charge in [-0.25, -0.2) is 4.39 Å². The zero-order valence-corrected chi connectivity index (χ0v) is 12.7. The third-order valence-electron chi connectivity index (χ3n) is 4.00. The van der Waals surface area contributed by atoms with Crippen LogP contribution in [-0.4, -0.2) is 25.0 Å². The Hall–Kier alpha value is -2.27. The van der Waals surface area contributed by atoms with Gasteiger partial charge in [0.2, 0.25) is 5.91 Å². The molecular weight excluding hydrogens is 281 g/mol. The van der Waals surface area contributed by atoms with Crippen LogP contribution in [0.3, 0.4) is 0 Å². The molecular formula is C17H18FN3O. The molecule has 0 spiro atoms. The number of hydrogen-bond donors (Lipinski definition) is 1. The van der Waals surface area contributed by atoms with Crippen LogP contribution in [0.1, 0.15) is 17.5 Å². The molecule has 0 saturated heterocycles. The van der Waals surface area contributed by atoms with Crippen molar-refractivity contribution in [2.24, 2.45) is 0 Å². The zero-order valence-electron chi connectivity index (χ0n) is 12.7. The van der Waals surface area contributed by atoms with E-state index in [1.165, 1.54) is 11.0 Å². The van der Waals surface area contributed by atoms with Gasteiger partial charge in [-0.1, -0.05) is 0 Å². The molecule has 0 saturated carbocycles. The highest BCUT2D eigenvalue weighted by atomic mass is 19.1. The molecule has 0 radical (unpaired) electrons. The van der Waals surface area contributed by atoms with Gasteiger partial charge in [0.15, 0.2) is 0 Å². The van der Waals surface area contributed by atoms with Crippen molar-refractivity contribution >= 4 is 11.6 Å². The van der Waals surface area contributed by atoms with Crippen molar-refractivity contribution in [1.29, 1.82) is 0 Å². The molecule has 0 fully saturated rings. The number of carbonyl (C=O) groups is 1. The first-order valence-electron chi connectivity index (χ1n) is 7.28. The first-order valence-corrected chi connectivity index (χ1v) is 7.28. The predicted molar refractivity (Wildman–Crippen MR) is 84.1 cm³/mol. The number of benzene rings is 1. The molecule has 1 aromatic heterocycles. The Morgan fingerprint density at radius 1 is 1.27 bits per heavy atom. The molecule has 2 heterocycles. The summed E-state index contributed by atoms with van der Waals surface area (Å²) in [6.07, 6.45) is 4.55. The van der Waals surface area contributed by atoms with Crippen LogP contribution >= 0.6 is 0 Å². The number of nitrogens with zero attached hydrogens (tertiary/aromatic N) is 2. The van der Waals surface area contributed by atoms with E-state index in [4.69, 9.17) is 0 Å². The van der Waals surface area contributed by atoms with Crippen molar-refractivity contribution in [3.8, 4) is 11.1 Å². The monoisotopic (exact) mass is 299 g/mol. The molecule has 5 heteroatoms. The Labute approximate surface area is 129 Å². The maximum Gasteiger partial charge on any atom is 0.227 e. The second kappa shape index (κ2) is 5.85. The van der Waals surface area contributed by atoms with E-state index in [0.717, 1.165) is 16.7 Å². The van der Waals surface area contributed by atoms with E-state index in [1.807, 2.05) is 19.2 Å². The molecule has 0 unspecified atom stereocenters. The van der Waals surface area contributed by atoms with Crippen LogP contribution in [0.15, 0.2) is 30.6 Å². The first kappa shape index (κ1) is 14.7. The average Bonchev–Trinajstić information content (AvgIpc) is 2.52. The highest BCUT2D eigenvalue weighted by molar-refractivity contribution is 5.96. The molecule has 3 rings (SSSR count). The number of nitrogens with one attached hydrogen (secondary N) is 1. The summed E-state index contributed by atoms with van der Waals surface area (Å²) >= 11 is 0. The number of aromatic nitrogens is 1. The minimum Gasteiger partial charge on any atom is -0.316 e. The SMILES string of the molecule is CNCc1cncc(-c2cc3c(cc2F)N(C)C(=O)CC3)c1. The van der Waals surface area contributed by atoms with Gasteiger partial charge in [-0.15, -0.1) is 0 Å². The summed E-state index contributed by atoms with van der Waals surface area (Å²) in [6.45, 7) is 0.685. The summed E-state index contributed by atoms with van der Waals surface area (Å²) in [5.41, 5.74) is 3.96. The summed E-state index contributed by atoms with van der Waals surface area (Å²) < 4.78 is 14.5. The summed E-state index contributed by atoms with van der Waals surface area (Å²) in [7, 11) is 3.55. The number of hydrogen-bond acceptors (Lipinski definition) is 3. The van der Waals surface area contributed by atoms with Gasteiger partial charge >= 0.3 is 0 Å². The van der Waals surface area contributed by atoms with Gasteiger partial charge in [-0.05, 0) is 42.8 Å². The molecule has 0 atom stereocenters. The van der Waals surface area contributed by atoms with Gasteiger partial charge in [0.1, 0.15) is 5.82 Å². The lowest BCUT2D eigenvalue weighted by Gasteiger charge is -2.26. The largest absolute Gasteiger partial charge is 0.316 e. The van der Waals surface area contributed by atoms with Gasteiger partial charge < -0.3 is 10.2 Å². The van der Waals surface area contributed by atoms with Gasteiger partial charge in [0.05, 0.1) is 0 Å². The fourth-order valence-electron chi connectivity index (χ4n) is 2.82. The molecule has 1 aliphatic heterocycles. The number of aryl methyl sites for hydroxylation is 1. The number of amides is 1. The van der Waals surface area contributed by atoms with Crippen molar-refractivity contribution in [3.63, 3.8) is 0 Å². The highest BCUT2D eigenvalue weighted by Crippen LogP contribution is 2.33. The van der Waals surface area contributed by atoms with E-state index in [0.29, 0.717) is 30.6 Å². The third-order valence-corrected chi connectivity index (χ3v) is 4.00.